The van der Waals surface area contributed by atoms with Gasteiger partial charge in [0, 0.05) is 5.56 Å². The van der Waals surface area contributed by atoms with Crippen LogP contribution in [0.5, 0.6) is 17.2 Å². The first-order chi connectivity index (χ1) is 16.6. The molecule has 170 valence electrons. The van der Waals surface area contributed by atoms with Gasteiger partial charge >= 0.3 is 0 Å². The molecule has 3 aromatic carbocycles. The second kappa shape index (κ2) is 10.6. The number of aliphatic imine (C=N–C) groups is 1. The minimum absolute atomic E-state index is 0.218. The summed E-state index contributed by atoms with van der Waals surface area (Å²) in [6, 6.07) is 22.1. The molecule has 34 heavy (non-hydrogen) atoms. The third kappa shape index (κ3) is 5.39. The SMILES string of the molecule is COc1ccc(N=C2NC(=O)/C(=C/c3ccc(OCc4ccccc4C#N)c(OC)c3)S2)cc1. The number of amidine groups is 1. The Morgan fingerprint density at radius 3 is 2.56 bits per heavy atom. The van der Waals surface area contributed by atoms with Gasteiger partial charge in [0.15, 0.2) is 16.7 Å². The number of hydrogen-bond donors (Lipinski definition) is 1. The van der Waals surface area contributed by atoms with Gasteiger partial charge in [-0.3, -0.25) is 4.79 Å². The number of hydrogen-bond acceptors (Lipinski definition) is 7. The average molecular weight is 472 g/mol. The zero-order valence-corrected chi connectivity index (χ0v) is 19.4. The quantitative estimate of drug-likeness (QED) is 0.485. The highest BCUT2D eigenvalue weighted by atomic mass is 32.2. The van der Waals surface area contributed by atoms with Crippen LogP contribution < -0.4 is 19.5 Å². The maximum absolute atomic E-state index is 12.4. The van der Waals surface area contributed by atoms with E-state index in [9.17, 15) is 10.1 Å². The van der Waals surface area contributed by atoms with Gasteiger partial charge in [-0.25, -0.2) is 4.99 Å². The molecule has 3 aromatic rings. The maximum Gasteiger partial charge on any atom is 0.264 e. The molecule has 1 fully saturated rings. The normalized spacial score (nSPS) is 15.1. The molecule has 1 amide bonds. The van der Waals surface area contributed by atoms with Gasteiger partial charge in [-0.1, -0.05) is 24.3 Å². The minimum Gasteiger partial charge on any atom is -0.497 e. The minimum atomic E-state index is -0.218. The summed E-state index contributed by atoms with van der Waals surface area (Å²) in [5.41, 5.74) is 2.86. The Kier molecular flexibility index (Phi) is 7.16. The van der Waals surface area contributed by atoms with E-state index < -0.39 is 0 Å². The Bertz CT molecular complexity index is 1310. The summed E-state index contributed by atoms with van der Waals surface area (Å²) in [5.74, 6) is 1.59. The first-order valence-electron chi connectivity index (χ1n) is 10.3. The molecule has 1 saturated heterocycles. The lowest BCUT2D eigenvalue weighted by Gasteiger charge is -2.12. The van der Waals surface area contributed by atoms with E-state index in [4.69, 9.17) is 14.2 Å². The van der Waals surface area contributed by atoms with Crippen molar-refractivity contribution in [2.75, 3.05) is 14.2 Å². The summed E-state index contributed by atoms with van der Waals surface area (Å²) >= 11 is 1.26. The molecule has 0 saturated carbocycles. The Labute approximate surface area is 201 Å². The smallest absolute Gasteiger partial charge is 0.264 e. The molecule has 1 N–H and O–H groups in total. The number of carbonyl (C=O) groups is 1. The van der Waals surface area contributed by atoms with Gasteiger partial charge in [0.05, 0.1) is 36.4 Å². The summed E-state index contributed by atoms with van der Waals surface area (Å²) in [6.45, 7) is 0.240. The fourth-order valence-corrected chi connectivity index (χ4v) is 4.05. The molecule has 4 rings (SSSR count). The van der Waals surface area contributed by atoms with Crippen LogP contribution in [0.25, 0.3) is 6.08 Å². The number of nitrogens with zero attached hydrogens (tertiary/aromatic N) is 2. The van der Waals surface area contributed by atoms with E-state index in [0.717, 1.165) is 16.9 Å². The summed E-state index contributed by atoms with van der Waals surface area (Å²) in [4.78, 5) is 17.4. The Balaban J connectivity index is 1.48. The molecule has 1 aliphatic heterocycles. The van der Waals surface area contributed by atoms with Crippen LogP contribution >= 0.6 is 11.8 Å². The van der Waals surface area contributed by atoms with E-state index >= 15 is 0 Å². The summed E-state index contributed by atoms with van der Waals surface area (Å²) in [6.07, 6.45) is 1.77. The van der Waals surface area contributed by atoms with E-state index in [0.29, 0.717) is 32.8 Å². The van der Waals surface area contributed by atoms with Gasteiger partial charge < -0.3 is 19.5 Å². The van der Waals surface area contributed by atoms with Crippen LogP contribution in [0.2, 0.25) is 0 Å². The van der Waals surface area contributed by atoms with Crippen molar-refractivity contribution >= 4 is 34.6 Å². The fraction of sp³-hybridized carbons (Fsp3) is 0.115. The van der Waals surface area contributed by atoms with Crippen LogP contribution in [0.1, 0.15) is 16.7 Å². The predicted octanol–water partition coefficient (Wildman–Crippen LogP) is 5.05. The summed E-state index contributed by atoms with van der Waals surface area (Å²) in [5, 5.41) is 12.5. The Morgan fingerprint density at radius 2 is 1.82 bits per heavy atom. The van der Waals surface area contributed by atoms with Crippen molar-refractivity contribution in [3.8, 4) is 23.3 Å². The van der Waals surface area contributed by atoms with Crippen LogP contribution in [0, 0.1) is 11.3 Å². The van der Waals surface area contributed by atoms with Crippen LogP contribution in [0.3, 0.4) is 0 Å². The zero-order valence-electron chi connectivity index (χ0n) is 18.6. The van der Waals surface area contributed by atoms with E-state index in [-0.39, 0.29) is 12.5 Å². The number of ether oxygens (including phenoxy) is 3. The number of methoxy groups -OCH3 is 2. The first-order valence-corrected chi connectivity index (χ1v) is 11.1. The van der Waals surface area contributed by atoms with Crippen LogP contribution in [-0.2, 0) is 11.4 Å². The number of amides is 1. The lowest BCUT2D eigenvalue weighted by Crippen LogP contribution is -2.19. The van der Waals surface area contributed by atoms with Gasteiger partial charge in [0.1, 0.15) is 12.4 Å². The largest absolute Gasteiger partial charge is 0.497 e. The number of thioether (sulfide) groups is 1. The van der Waals surface area contributed by atoms with Crippen LogP contribution in [0.4, 0.5) is 5.69 Å². The summed E-state index contributed by atoms with van der Waals surface area (Å²) in [7, 11) is 3.16. The molecule has 1 heterocycles. The zero-order chi connectivity index (χ0) is 23.9. The molecule has 0 aromatic heterocycles. The molecule has 7 nitrogen and oxygen atoms in total. The number of nitrogens with one attached hydrogen (secondary N) is 1. The molecule has 8 heteroatoms. The Hall–Kier alpha value is -4.22. The van der Waals surface area contributed by atoms with Gasteiger partial charge in [-0.05, 0) is 65.9 Å². The third-order valence-corrected chi connectivity index (χ3v) is 5.87. The van der Waals surface area contributed by atoms with Crippen molar-refractivity contribution in [3.63, 3.8) is 0 Å². The molecule has 0 radical (unpaired) electrons. The van der Waals surface area contributed by atoms with Crippen molar-refractivity contribution in [2.24, 2.45) is 4.99 Å². The molecular formula is C26H21N3O4S. The van der Waals surface area contributed by atoms with Gasteiger partial charge in [0.2, 0.25) is 0 Å². The molecular weight excluding hydrogens is 450 g/mol. The standard InChI is InChI=1S/C26H21N3O4S/c1-31-21-10-8-20(9-11-21)28-26-29-25(30)24(34-26)14-17-7-12-22(23(13-17)32-2)33-16-19-6-4-3-5-18(19)15-27/h3-14H,16H2,1-2H3,(H,28,29,30)/b24-14-. The first kappa shape index (κ1) is 23.0. The second-order valence-corrected chi connectivity index (χ2v) is 8.18. The molecule has 0 unspecified atom stereocenters. The maximum atomic E-state index is 12.4. The van der Waals surface area contributed by atoms with Crippen molar-refractivity contribution in [3.05, 3.63) is 88.3 Å². The number of carbonyl (C=O) groups excluding carboxylic acids is 1. The van der Waals surface area contributed by atoms with Crippen LogP contribution in [0.15, 0.2) is 76.6 Å². The molecule has 0 bridgehead atoms. The van der Waals surface area contributed by atoms with E-state index in [2.05, 4.69) is 16.4 Å². The molecule has 0 aliphatic carbocycles. The number of benzene rings is 3. The third-order valence-electron chi connectivity index (χ3n) is 4.96. The molecule has 0 spiro atoms. The van der Waals surface area contributed by atoms with Crippen molar-refractivity contribution < 1.29 is 19.0 Å². The highest BCUT2D eigenvalue weighted by molar-refractivity contribution is 8.18. The molecule has 0 atom stereocenters. The van der Waals surface area contributed by atoms with Gasteiger partial charge in [0.25, 0.3) is 5.91 Å². The number of rotatable bonds is 7. The highest BCUT2D eigenvalue weighted by Crippen LogP contribution is 2.33. The molecule has 1 aliphatic rings. The lowest BCUT2D eigenvalue weighted by atomic mass is 10.1. The Morgan fingerprint density at radius 1 is 1.03 bits per heavy atom. The van der Waals surface area contributed by atoms with Crippen LogP contribution in [-0.4, -0.2) is 25.3 Å². The van der Waals surface area contributed by atoms with E-state index in [1.54, 1.807) is 38.5 Å². The topological polar surface area (TPSA) is 92.9 Å². The number of nitriles is 1. The van der Waals surface area contributed by atoms with Crippen molar-refractivity contribution in [2.45, 2.75) is 6.61 Å². The predicted molar refractivity (Wildman–Crippen MR) is 132 cm³/mol. The van der Waals surface area contributed by atoms with Gasteiger partial charge in [-0.2, -0.15) is 5.26 Å². The van der Waals surface area contributed by atoms with Crippen molar-refractivity contribution in [1.29, 1.82) is 5.26 Å². The van der Waals surface area contributed by atoms with E-state index in [1.165, 1.54) is 11.8 Å². The van der Waals surface area contributed by atoms with Gasteiger partial charge in [-0.15, -0.1) is 0 Å². The average Bonchev–Trinajstić information content (AvgIpc) is 3.21. The van der Waals surface area contributed by atoms with E-state index in [1.807, 2.05) is 48.5 Å². The monoisotopic (exact) mass is 471 g/mol. The van der Waals surface area contributed by atoms with Crippen molar-refractivity contribution in [1.82, 2.24) is 5.32 Å². The highest BCUT2D eigenvalue weighted by Gasteiger charge is 2.24. The lowest BCUT2D eigenvalue weighted by molar-refractivity contribution is -0.115. The second-order valence-electron chi connectivity index (χ2n) is 7.15. The summed E-state index contributed by atoms with van der Waals surface area (Å²) < 4.78 is 16.5. The fourth-order valence-electron chi connectivity index (χ4n) is 3.21.